The number of aryl methyl sites for hydroxylation is 1. The van der Waals surface area contributed by atoms with E-state index >= 15 is 0 Å². The van der Waals surface area contributed by atoms with E-state index in [-0.39, 0.29) is 6.54 Å². The predicted octanol–water partition coefficient (Wildman–Crippen LogP) is 1.59. The van der Waals surface area contributed by atoms with Crippen molar-refractivity contribution in [1.29, 1.82) is 0 Å². The monoisotopic (exact) mass is 235 g/mol. The van der Waals surface area contributed by atoms with Gasteiger partial charge in [0.15, 0.2) is 0 Å². The van der Waals surface area contributed by atoms with Crippen molar-refractivity contribution in [3.63, 3.8) is 0 Å². The molecule has 5 heteroatoms. The molecule has 0 unspecified atom stereocenters. The lowest BCUT2D eigenvalue weighted by Gasteiger charge is -2.18. The van der Waals surface area contributed by atoms with Gasteiger partial charge in [0.25, 0.3) is 0 Å². The third-order valence-electron chi connectivity index (χ3n) is 1.77. The van der Waals surface area contributed by atoms with Crippen LogP contribution in [0.15, 0.2) is 6.20 Å². The van der Waals surface area contributed by atoms with E-state index < -0.39 is 11.7 Å². The number of aromatic nitrogens is 2. The Morgan fingerprint density at radius 3 is 2.82 bits per heavy atom. The van der Waals surface area contributed by atoms with Crippen LogP contribution in [0.1, 0.15) is 32.0 Å². The van der Waals surface area contributed by atoms with Crippen LogP contribution in [0.2, 0.25) is 0 Å². The highest BCUT2D eigenvalue weighted by molar-refractivity contribution is 5.68. The van der Waals surface area contributed by atoms with Crippen LogP contribution in [0.4, 0.5) is 4.79 Å². The summed E-state index contributed by atoms with van der Waals surface area (Å²) in [5.74, 6) is 5.72. The Kier molecular flexibility index (Phi) is 4.16. The van der Waals surface area contributed by atoms with Crippen molar-refractivity contribution in [2.24, 2.45) is 0 Å². The highest BCUT2D eigenvalue weighted by Crippen LogP contribution is 2.06. The van der Waals surface area contributed by atoms with Gasteiger partial charge in [-0.15, -0.1) is 0 Å². The summed E-state index contributed by atoms with van der Waals surface area (Å²) in [5.41, 5.74) is 1.25. The van der Waals surface area contributed by atoms with Crippen LogP contribution >= 0.6 is 0 Å². The maximum absolute atomic E-state index is 11.3. The molecular weight excluding hydrogens is 218 g/mol. The molecule has 0 saturated heterocycles. The van der Waals surface area contributed by atoms with Crippen LogP contribution in [0, 0.1) is 18.8 Å². The van der Waals surface area contributed by atoms with Crippen LogP contribution in [-0.4, -0.2) is 28.4 Å². The van der Waals surface area contributed by atoms with Gasteiger partial charge in [-0.1, -0.05) is 11.8 Å². The van der Waals surface area contributed by atoms with E-state index in [1.165, 1.54) is 0 Å². The van der Waals surface area contributed by atoms with E-state index in [0.717, 1.165) is 11.3 Å². The fourth-order valence-corrected chi connectivity index (χ4v) is 1.05. The molecule has 1 aromatic rings. The number of hydrogen-bond acceptors (Lipinski definition) is 3. The fraction of sp³-hybridized carbons (Fsp3) is 0.500. The number of carbonyl (C=O) groups excluding carboxylic acids is 1. The van der Waals surface area contributed by atoms with Crippen molar-refractivity contribution < 1.29 is 9.53 Å². The SMILES string of the molecule is Cc1[nH]ncc1C#CCNC(=O)OC(C)(C)C. The summed E-state index contributed by atoms with van der Waals surface area (Å²) >= 11 is 0. The minimum Gasteiger partial charge on any atom is -0.444 e. The molecule has 5 nitrogen and oxygen atoms in total. The van der Waals surface area contributed by atoms with Gasteiger partial charge in [-0.2, -0.15) is 5.10 Å². The van der Waals surface area contributed by atoms with Gasteiger partial charge in [0.05, 0.1) is 18.3 Å². The molecule has 0 bridgehead atoms. The summed E-state index contributed by atoms with van der Waals surface area (Å²) in [6, 6.07) is 0. The van der Waals surface area contributed by atoms with Gasteiger partial charge in [0.1, 0.15) is 5.60 Å². The lowest BCUT2D eigenvalue weighted by atomic mass is 10.2. The van der Waals surface area contributed by atoms with E-state index in [1.54, 1.807) is 6.20 Å². The molecule has 0 fully saturated rings. The van der Waals surface area contributed by atoms with Crippen LogP contribution in [-0.2, 0) is 4.74 Å². The minimum atomic E-state index is -0.487. The normalized spacial score (nSPS) is 10.4. The maximum Gasteiger partial charge on any atom is 0.408 e. The van der Waals surface area contributed by atoms with Crippen LogP contribution in [0.3, 0.4) is 0 Å². The van der Waals surface area contributed by atoms with Gasteiger partial charge >= 0.3 is 6.09 Å². The molecule has 17 heavy (non-hydrogen) atoms. The number of aromatic amines is 1. The number of H-pyrrole nitrogens is 1. The maximum atomic E-state index is 11.3. The third kappa shape index (κ3) is 5.07. The number of amides is 1. The average molecular weight is 235 g/mol. The van der Waals surface area contributed by atoms with Crippen molar-refractivity contribution in [1.82, 2.24) is 15.5 Å². The second-order valence-corrected chi connectivity index (χ2v) is 4.57. The van der Waals surface area contributed by atoms with E-state index in [0.29, 0.717) is 0 Å². The molecule has 1 aromatic heterocycles. The lowest BCUT2D eigenvalue weighted by Crippen LogP contribution is -2.32. The van der Waals surface area contributed by atoms with Crippen molar-refractivity contribution in [2.75, 3.05) is 6.54 Å². The molecule has 0 aromatic carbocycles. The summed E-state index contributed by atoms with van der Waals surface area (Å²) in [6.07, 6.45) is 1.19. The minimum absolute atomic E-state index is 0.250. The zero-order valence-corrected chi connectivity index (χ0v) is 10.5. The molecule has 0 saturated carbocycles. The smallest absolute Gasteiger partial charge is 0.408 e. The molecule has 1 rings (SSSR count). The summed E-state index contributed by atoms with van der Waals surface area (Å²) in [7, 11) is 0. The molecular formula is C12H17N3O2. The summed E-state index contributed by atoms with van der Waals surface area (Å²) in [5, 5.41) is 9.19. The van der Waals surface area contributed by atoms with E-state index in [9.17, 15) is 4.79 Å². The van der Waals surface area contributed by atoms with Crippen molar-refractivity contribution >= 4 is 6.09 Å². The summed E-state index contributed by atoms with van der Waals surface area (Å²) in [6.45, 7) is 7.57. The molecule has 2 N–H and O–H groups in total. The Balaban J connectivity index is 2.36. The second kappa shape index (κ2) is 5.39. The molecule has 92 valence electrons. The summed E-state index contributed by atoms with van der Waals surface area (Å²) < 4.78 is 5.06. The van der Waals surface area contributed by atoms with Gasteiger partial charge in [0, 0.05) is 5.69 Å². The van der Waals surface area contributed by atoms with E-state index in [4.69, 9.17) is 4.74 Å². The number of carbonyl (C=O) groups is 1. The highest BCUT2D eigenvalue weighted by atomic mass is 16.6. The van der Waals surface area contributed by atoms with Gasteiger partial charge in [-0.05, 0) is 27.7 Å². The van der Waals surface area contributed by atoms with Gasteiger partial charge in [-0.3, -0.25) is 5.10 Å². The fourth-order valence-electron chi connectivity index (χ4n) is 1.05. The molecule has 0 radical (unpaired) electrons. The average Bonchev–Trinajstić information content (AvgIpc) is 2.56. The molecule has 1 heterocycles. The number of alkyl carbamates (subject to hydrolysis) is 1. The van der Waals surface area contributed by atoms with Crippen molar-refractivity contribution in [2.45, 2.75) is 33.3 Å². The molecule has 0 aliphatic rings. The number of hydrogen-bond donors (Lipinski definition) is 2. The largest absolute Gasteiger partial charge is 0.444 e. The van der Waals surface area contributed by atoms with Crippen LogP contribution in [0.5, 0.6) is 0 Å². The first-order valence-electron chi connectivity index (χ1n) is 5.34. The first-order chi connectivity index (χ1) is 7.88. The Hall–Kier alpha value is -1.96. The predicted molar refractivity (Wildman–Crippen MR) is 64.4 cm³/mol. The first kappa shape index (κ1) is 13.1. The zero-order valence-electron chi connectivity index (χ0n) is 10.5. The Bertz CT molecular complexity index is 446. The molecule has 0 atom stereocenters. The number of nitrogens with zero attached hydrogens (tertiary/aromatic N) is 1. The van der Waals surface area contributed by atoms with Crippen molar-refractivity contribution in [3.8, 4) is 11.8 Å². The molecule has 0 aliphatic heterocycles. The third-order valence-corrected chi connectivity index (χ3v) is 1.77. The number of ether oxygens (including phenoxy) is 1. The van der Waals surface area contributed by atoms with Gasteiger partial charge in [0.2, 0.25) is 0 Å². The zero-order chi connectivity index (χ0) is 12.9. The Morgan fingerprint density at radius 1 is 1.59 bits per heavy atom. The van der Waals surface area contributed by atoms with Crippen molar-refractivity contribution in [3.05, 3.63) is 17.5 Å². The lowest BCUT2D eigenvalue weighted by molar-refractivity contribution is 0.0535. The van der Waals surface area contributed by atoms with Crippen LogP contribution in [0.25, 0.3) is 0 Å². The highest BCUT2D eigenvalue weighted by Gasteiger charge is 2.14. The number of nitrogens with one attached hydrogen (secondary N) is 2. The standard InChI is InChI=1S/C12H17N3O2/c1-9-10(8-14-15-9)6-5-7-13-11(16)17-12(2,3)4/h8H,7H2,1-4H3,(H,13,16)(H,14,15). The Morgan fingerprint density at radius 2 is 2.29 bits per heavy atom. The van der Waals surface area contributed by atoms with Crippen LogP contribution < -0.4 is 5.32 Å². The molecule has 0 aliphatic carbocycles. The van der Waals surface area contributed by atoms with E-state index in [2.05, 4.69) is 27.4 Å². The topological polar surface area (TPSA) is 67.0 Å². The van der Waals surface area contributed by atoms with Gasteiger partial charge < -0.3 is 10.1 Å². The molecule has 1 amide bonds. The summed E-state index contributed by atoms with van der Waals surface area (Å²) in [4.78, 5) is 11.3. The first-order valence-corrected chi connectivity index (χ1v) is 5.34. The second-order valence-electron chi connectivity index (χ2n) is 4.57. The Labute approximate surface area is 101 Å². The molecule has 0 spiro atoms. The van der Waals surface area contributed by atoms with E-state index in [1.807, 2.05) is 27.7 Å². The quantitative estimate of drug-likeness (QED) is 0.726. The number of rotatable bonds is 1. The van der Waals surface area contributed by atoms with Gasteiger partial charge in [-0.25, -0.2) is 4.79 Å².